The average molecular weight is 442 g/mol. The number of rotatable bonds is 5. The predicted octanol–water partition coefficient (Wildman–Crippen LogP) is 2.40. The molecule has 0 unspecified atom stereocenters. The lowest BCUT2D eigenvalue weighted by molar-refractivity contribution is -0.139. The quantitative estimate of drug-likeness (QED) is 0.615. The number of amides is 1. The van der Waals surface area contributed by atoms with E-state index in [9.17, 15) is 22.4 Å². The summed E-state index contributed by atoms with van der Waals surface area (Å²) in [6, 6.07) is 6.08. The normalized spacial score (nSPS) is 15.7. The molecular formula is C18H18F4N6OS. The van der Waals surface area contributed by atoms with Gasteiger partial charge in [0.2, 0.25) is 16.0 Å². The summed E-state index contributed by atoms with van der Waals surface area (Å²) >= 11 is 1.42. The van der Waals surface area contributed by atoms with Crippen molar-refractivity contribution >= 4 is 27.3 Å². The standard InChI is InChI=1S/C18H18F4N6OS/c19-13-3-1-12(2-4-13)14-9-28-16(24-14)30-17(25-28)27-7-5-26(6-8-27)10-15(29)23-11-18(20,21)22/h1-4,9H,5-8,10-11H2,(H,23,29). The lowest BCUT2D eigenvalue weighted by atomic mass is 10.2. The molecule has 0 bridgehead atoms. The number of anilines is 1. The van der Waals surface area contributed by atoms with E-state index in [4.69, 9.17) is 0 Å². The Morgan fingerprint density at radius 2 is 1.83 bits per heavy atom. The van der Waals surface area contributed by atoms with E-state index in [0.717, 1.165) is 10.7 Å². The molecule has 1 amide bonds. The Morgan fingerprint density at radius 1 is 1.13 bits per heavy atom. The van der Waals surface area contributed by atoms with E-state index >= 15 is 0 Å². The predicted molar refractivity (Wildman–Crippen MR) is 104 cm³/mol. The van der Waals surface area contributed by atoms with Crippen molar-refractivity contribution in [1.29, 1.82) is 0 Å². The molecule has 1 aliphatic rings. The number of fused-ring (bicyclic) bond motifs is 1. The molecule has 0 atom stereocenters. The summed E-state index contributed by atoms with van der Waals surface area (Å²) in [6.45, 7) is 0.920. The third kappa shape index (κ3) is 4.87. The van der Waals surface area contributed by atoms with Gasteiger partial charge in [0.05, 0.1) is 18.4 Å². The van der Waals surface area contributed by atoms with Crippen molar-refractivity contribution in [3.63, 3.8) is 0 Å². The van der Waals surface area contributed by atoms with Gasteiger partial charge < -0.3 is 10.2 Å². The second-order valence-electron chi connectivity index (χ2n) is 6.90. The second-order valence-corrected chi connectivity index (χ2v) is 7.83. The number of nitrogens with zero attached hydrogens (tertiary/aromatic N) is 5. The highest BCUT2D eigenvalue weighted by Gasteiger charge is 2.28. The van der Waals surface area contributed by atoms with Crippen LogP contribution in [0.1, 0.15) is 0 Å². The van der Waals surface area contributed by atoms with Crippen molar-refractivity contribution in [2.24, 2.45) is 0 Å². The van der Waals surface area contributed by atoms with Crippen LogP contribution in [0.3, 0.4) is 0 Å². The molecule has 12 heteroatoms. The number of piperazine rings is 1. The largest absolute Gasteiger partial charge is 0.405 e. The van der Waals surface area contributed by atoms with Gasteiger partial charge in [-0.3, -0.25) is 9.69 Å². The maximum atomic E-state index is 13.1. The summed E-state index contributed by atoms with van der Waals surface area (Å²) < 4.78 is 51.3. The van der Waals surface area contributed by atoms with Crippen molar-refractivity contribution in [1.82, 2.24) is 24.8 Å². The third-order valence-corrected chi connectivity index (χ3v) is 5.65. The van der Waals surface area contributed by atoms with Crippen LogP contribution in [0.25, 0.3) is 16.2 Å². The minimum Gasteiger partial charge on any atom is -0.346 e. The Kier molecular flexibility index (Phi) is 5.60. The van der Waals surface area contributed by atoms with Gasteiger partial charge in [0.15, 0.2) is 0 Å². The molecule has 1 aliphatic heterocycles. The van der Waals surface area contributed by atoms with E-state index in [1.54, 1.807) is 22.8 Å². The summed E-state index contributed by atoms with van der Waals surface area (Å²) in [7, 11) is 0. The van der Waals surface area contributed by atoms with Crippen LogP contribution in [0.4, 0.5) is 22.7 Å². The number of hydrogen-bond acceptors (Lipinski definition) is 6. The first kappa shape index (κ1) is 20.5. The highest BCUT2D eigenvalue weighted by atomic mass is 32.1. The number of hydrogen-bond donors (Lipinski definition) is 1. The molecule has 4 rings (SSSR count). The van der Waals surface area contributed by atoms with Crippen molar-refractivity contribution in [2.75, 3.05) is 44.2 Å². The van der Waals surface area contributed by atoms with Crippen molar-refractivity contribution in [2.45, 2.75) is 6.18 Å². The van der Waals surface area contributed by atoms with Gasteiger partial charge >= 0.3 is 6.18 Å². The smallest absolute Gasteiger partial charge is 0.346 e. The Bertz CT molecular complexity index is 992. The van der Waals surface area contributed by atoms with Crippen LogP contribution in [0.2, 0.25) is 0 Å². The number of aromatic nitrogens is 3. The molecule has 3 heterocycles. The molecule has 0 aliphatic carbocycles. The first-order valence-corrected chi connectivity index (χ1v) is 10.0. The van der Waals surface area contributed by atoms with Crippen LogP contribution >= 0.6 is 11.3 Å². The summed E-state index contributed by atoms with van der Waals surface area (Å²) in [5.41, 5.74) is 1.50. The van der Waals surface area contributed by atoms with Crippen molar-refractivity contribution in [3.8, 4) is 11.3 Å². The lowest BCUT2D eigenvalue weighted by Crippen LogP contribution is -2.50. The Balaban J connectivity index is 1.33. The number of carbonyl (C=O) groups excluding carboxylic acids is 1. The highest BCUT2D eigenvalue weighted by Crippen LogP contribution is 2.27. The van der Waals surface area contributed by atoms with Gasteiger partial charge in [-0.15, -0.1) is 5.10 Å². The molecule has 30 heavy (non-hydrogen) atoms. The fraction of sp³-hybridized carbons (Fsp3) is 0.389. The molecule has 3 aromatic rings. The van der Waals surface area contributed by atoms with Gasteiger partial charge in [0.25, 0.3) is 0 Å². The molecule has 0 radical (unpaired) electrons. The van der Waals surface area contributed by atoms with Gasteiger partial charge in [-0.2, -0.15) is 13.2 Å². The third-order valence-electron chi connectivity index (χ3n) is 4.67. The van der Waals surface area contributed by atoms with Crippen molar-refractivity contribution < 1.29 is 22.4 Å². The first-order valence-electron chi connectivity index (χ1n) is 9.20. The van der Waals surface area contributed by atoms with Gasteiger partial charge in [-0.05, 0) is 24.3 Å². The molecule has 0 spiro atoms. The van der Waals surface area contributed by atoms with Crippen LogP contribution in [0, 0.1) is 5.82 Å². The van der Waals surface area contributed by atoms with Gasteiger partial charge in [0.1, 0.15) is 12.4 Å². The zero-order valence-electron chi connectivity index (χ0n) is 15.7. The maximum absolute atomic E-state index is 13.1. The molecule has 1 fully saturated rings. The summed E-state index contributed by atoms with van der Waals surface area (Å²) in [4.78, 5) is 20.8. The number of carbonyl (C=O) groups is 1. The summed E-state index contributed by atoms with van der Waals surface area (Å²) in [6.07, 6.45) is -2.63. The Labute approximate surface area is 172 Å². The topological polar surface area (TPSA) is 65.8 Å². The SMILES string of the molecule is O=C(CN1CCN(c2nn3cc(-c4ccc(F)cc4)nc3s2)CC1)NCC(F)(F)F. The zero-order valence-corrected chi connectivity index (χ0v) is 16.5. The number of benzene rings is 1. The van der Waals surface area contributed by atoms with Crippen LogP contribution in [-0.4, -0.2) is 70.8 Å². The molecule has 0 saturated carbocycles. The highest BCUT2D eigenvalue weighted by molar-refractivity contribution is 7.20. The molecular weight excluding hydrogens is 424 g/mol. The maximum Gasteiger partial charge on any atom is 0.405 e. The minimum atomic E-state index is -4.41. The minimum absolute atomic E-state index is 0.0634. The molecule has 1 aromatic carbocycles. The number of nitrogens with one attached hydrogen (secondary N) is 1. The number of imidazole rings is 1. The molecule has 160 valence electrons. The van der Waals surface area contributed by atoms with Crippen LogP contribution < -0.4 is 10.2 Å². The van der Waals surface area contributed by atoms with Gasteiger partial charge in [0, 0.05) is 31.7 Å². The Morgan fingerprint density at radius 3 is 2.47 bits per heavy atom. The van der Waals surface area contributed by atoms with E-state index in [2.05, 4.69) is 15.0 Å². The molecule has 1 saturated heterocycles. The van der Waals surface area contributed by atoms with Crippen LogP contribution in [0.5, 0.6) is 0 Å². The fourth-order valence-corrected chi connectivity index (χ4v) is 4.07. The van der Waals surface area contributed by atoms with Gasteiger partial charge in [-0.25, -0.2) is 13.9 Å². The second kappa shape index (κ2) is 8.19. The van der Waals surface area contributed by atoms with E-state index in [-0.39, 0.29) is 12.4 Å². The first-order chi connectivity index (χ1) is 14.3. The summed E-state index contributed by atoms with van der Waals surface area (Å²) in [5, 5.41) is 7.21. The van der Waals surface area contributed by atoms with E-state index in [0.29, 0.717) is 36.8 Å². The van der Waals surface area contributed by atoms with Crippen molar-refractivity contribution in [3.05, 3.63) is 36.3 Å². The van der Waals surface area contributed by atoms with Crippen LogP contribution in [-0.2, 0) is 4.79 Å². The average Bonchev–Trinajstić information content (AvgIpc) is 3.26. The fourth-order valence-electron chi connectivity index (χ4n) is 3.13. The Hall–Kier alpha value is -2.73. The number of halogens is 4. The monoisotopic (exact) mass is 442 g/mol. The lowest BCUT2D eigenvalue weighted by Gasteiger charge is -2.33. The molecule has 1 N–H and O–H groups in total. The molecule has 7 nitrogen and oxygen atoms in total. The summed E-state index contributed by atoms with van der Waals surface area (Å²) in [5.74, 6) is -0.945. The van der Waals surface area contributed by atoms with Gasteiger partial charge in [-0.1, -0.05) is 11.3 Å². The van der Waals surface area contributed by atoms with Crippen LogP contribution in [0.15, 0.2) is 30.5 Å². The van der Waals surface area contributed by atoms with E-state index < -0.39 is 18.6 Å². The van der Waals surface area contributed by atoms with E-state index in [1.165, 1.54) is 23.5 Å². The zero-order chi connectivity index (χ0) is 21.3. The molecule has 2 aromatic heterocycles. The number of alkyl halides is 3. The van der Waals surface area contributed by atoms with E-state index in [1.807, 2.05) is 10.2 Å².